The van der Waals surface area contributed by atoms with Gasteiger partial charge in [-0.05, 0) is 58.9 Å². The molecule has 2 rings (SSSR count). The maximum Gasteiger partial charge on any atom is 0.251 e. The first-order chi connectivity index (χ1) is 10.2. The first-order valence-corrected chi connectivity index (χ1v) is 8.12. The van der Waals surface area contributed by atoms with E-state index in [0.29, 0.717) is 12.2 Å². The van der Waals surface area contributed by atoms with Crippen LogP contribution in [0.25, 0.3) is 0 Å². The average Bonchev–Trinajstić information content (AvgIpc) is 2.36. The van der Waals surface area contributed by atoms with Crippen LogP contribution in [-0.4, -0.2) is 29.6 Å². The van der Waals surface area contributed by atoms with E-state index in [4.69, 9.17) is 4.74 Å². The van der Waals surface area contributed by atoms with E-state index in [1.54, 1.807) is 0 Å². The lowest BCUT2D eigenvalue weighted by Crippen LogP contribution is -3.06. The molecule has 0 aliphatic carbocycles. The normalized spacial score (nSPS) is 20.4. The summed E-state index contributed by atoms with van der Waals surface area (Å²) in [5.41, 5.74) is 0.991. The van der Waals surface area contributed by atoms with E-state index < -0.39 is 0 Å². The van der Waals surface area contributed by atoms with Crippen LogP contribution in [0.15, 0.2) is 24.3 Å². The van der Waals surface area contributed by atoms with Gasteiger partial charge in [0.2, 0.25) is 0 Å². The molecule has 0 unspecified atom stereocenters. The number of piperidine rings is 1. The number of hydrogen-bond donors (Lipinski definition) is 2. The number of benzene rings is 1. The van der Waals surface area contributed by atoms with Crippen molar-refractivity contribution >= 4 is 5.91 Å². The van der Waals surface area contributed by atoms with Crippen LogP contribution in [0.3, 0.4) is 0 Å². The third-order valence-electron chi connectivity index (χ3n) is 4.09. The molecule has 1 heterocycles. The van der Waals surface area contributed by atoms with Gasteiger partial charge in [-0.1, -0.05) is 0 Å². The number of ether oxygens (including phenoxy) is 1. The standard InChI is InChI=1S/C18H28N2O2/c1-6-22-15-9-7-13(8-10-15)16(21)19-14-11-17(2,3)20-18(4,5)12-14/h7-10,14,20H,6,11-12H2,1-5H3,(H,19,21)/p+1. The second-order valence-corrected chi connectivity index (χ2v) is 7.66. The van der Waals surface area contributed by atoms with Gasteiger partial charge in [-0.2, -0.15) is 0 Å². The summed E-state index contributed by atoms with van der Waals surface area (Å²) in [7, 11) is 0. The third kappa shape index (κ3) is 4.47. The van der Waals surface area contributed by atoms with Crippen molar-refractivity contribution in [2.24, 2.45) is 0 Å². The molecule has 0 atom stereocenters. The SMILES string of the molecule is CCOc1ccc(C(=O)NC2CC(C)(C)[NH2+]C(C)(C)C2)cc1. The monoisotopic (exact) mass is 305 g/mol. The topological polar surface area (TPSA) is 54.9 Å². The smallest absolute Gasteiger partial charge is 0.251 e. The molecule has 22 heavy (non-hydrogen) atoms. The van der Waals surface area contributed by atoms with Crippen LogP contribution in [-0.2, 0) is 0 Å². The van der Waals surface area contributed by atoms with E-state index in [-0.39, 0.29) is 23.0 Å². The summed E-state index contributed by atoms with van der Waals surface area (Å²) in [6.45, 7) is 11.5. The molecule has 1 aromatic rings. The predicted molar refractivity (Wildman–Crippen MR) is 88.2 cm³/mol. The summed E-state index contributed by atoms with van der Waals surface area (Å²) in [4.78, 5) is 12.4. The van der Waals surface area contributed by atoms with E-state index in [1.807, 2.05) is 31.2 Å². The van der Waals surface area contributed by atoms with Crippen LogP contribution < -0.4 is 15.4 Å². The second kappa shape index (κ2) is 6.29. The molecule has 1 saturated heterocycles. The number of carbonyl (C=O) groups is 1. The fraction of sp³-hybridized carbons (Fsp3) is 0.611. The summed E-state index contributed by atoms with van der Waals surface area (Å²) >= 11 is 0. The Bertz CT molecular complexity index is 504. The molecule has 3 N–H and O–H groups in total. The van der Waals surface area contributed by atoms with Gasteiger partial charge in [0.1, 0.15) is 5.75 Å². The number of nitrogens with two attached hydrogens (primary N) is 1. The molecule has 1 aromatic carbocycles. The Labute approximate surface area is 133 Å². The van der Waals surface area contributed by atoms with E-state index in [1.165, 1.54) is 0 Å². The van der Waals surface area contributed by atoms with Crippen molar-refractivity contribution in [1.82, 2.24) is 5.32 Å². The second-order valence-electron chi connectivity index (χ2n) is 7.66. The van der Waals surface area contributed by atoms with Crippen LogP contribution >= 0.6 is 0 Å². The highest BCUT2D eigenvalue weighted by atomic mass is 16.5. The van der Waals surface area contributed by atoms with Crippen molar-refractivity contribution in [2.45, 2.75) is 64.6 Å². The molecule has 122 valence electrons. The molecular formula is C18H29N2O2+. The molecule has 1 aliphatic rings. The molecule has 0 radical (unpaired) electrons. The minimum Gasteiger partial charge on any atom is -0.494 e. The van der Waals surface area contributed by atoms with Gasteiger partial charge < -0.3 is 15.4 Å². The zero-order valence-corrected chi connectivity index (χ0v) is 14.4. The summed E-state index contributed by atoms with van der Waals surface area (Å²) in [6.07, 6.45) is 1.97. The van der Waals surface area contributed by atoms with Crippen molar-refractivity contribution in [3.63, 3.8) is 0 Å². The lowest BCUT2D eigenvalue weighted by atomic mass is 9.79. The van der Waals surface area contributed by atoms with E-state index in [2.05, 4.69) is 38.3 Å². The van der Waals surface area contributed by atoms with Gasteiger partial charge in [0.15, 0.2) is 0 Å². The summed E-state index contributed by atoms with van der Waals surface area (Å²) < 4.78 is 5.41. The lowest BCUT2D eigenvalue weighted by molar-refractivity contribution is -0.787. The zero-order chi connectivity index (χ0) is 16.4. The van der Waals surface area contributed by atoms with Crippen molar-refractivity contribution in [1.29, 1.82) is 0 Å². The van der Waals surface area contributed by atoms with Gasteiger partial charge >= 0.3 is 0 Å². The average molecular weight is 305 g/mol. The third-order valence-corrected chi connectivity index (χ3v) is 4.09. The highest BCUT2D eigenvalue weighted by molar-refractivity contribution is 5.94. The van der Waals surface area contributed by atoms with Crippen molar-refractivity contribution < 1.29 is 14.8 Å². The molecule has 4 heteroatoms. The molecule has 4 nitrogen and oxygen atoms in total. The fourth-order valence-corrected chi connectivity index (χ4v) is 3.76. The van der Waals surface area contributed by atoms with Crippen LogP contribution in [0.2, 0.25) is 0 Å². The quantitative estimate of drug-likeness (QED) is 0.895. The number of quaternary nitrogens is 1. The molecular weight excluding hydrogens is 276 g/mol. The molecule has 1 amide bonds. The number of hydrogen-bond acceptors (Lipinski definition) is 2. The highest BCUT2D eigenvalue weighted by Gasteiger charge is 2.42. The van der Waals surface area contributed by atoms with Gasteiger partial charge in [0.05, 0.1) is 17.7 Å². The van der Waals surface area contributed by atoms with Crippen LogP contribution in [0, 0.1) is 0 Å². The first kappa shape index (κ1) is 16.8. The van der Waals surface area contributed by atoms with Crippen LogP contribution in [0.1, 0.15) is 57.8 Å². The number of nitrogens with one attached hydrogen (secondary N) is 1. The Hall–Kier alpha value is -1.55. The van der Waals surface area contributed by atoms with Crippen molar-refractivity contribution in [2.75, 3.05) is 6.61 Å². The molecule has 1 aliphatic heterocycles. The molecule has 0 aromatic heterocycles. The summed E-state index contributed by atoms with van der Waals surface area (Å²) in [6, 6.07) is 7.56. The predicted octanol–water partition coefficient (Wildman–Crippen LogP) is 2.10. The zero-order valence-electron chi connectivity index (χ0n) is 14.4. The van der Waals surface area contributed by atoms with Gasteiger partial charge in [-0.25, -0.2) is 0 Å². The Balaban J connectivity index is 2.01. The van der Waals surface area contributed by atoms with Gasteiger partial charge in [-0.15, -0.1) is 0 Å². The largest absolute Gasteiger partial charge is 0.494 e. The van der Waals surface area contributed by atoms with E-state index in [0.717, 1.165) is 18.6 Å². The number of rotatable bonds is 4. The summed E-state index contributed by atoms with van der Waals surface area (Å²) in [5.74, 6) is 0.801. The fourth-order valence-electron chi connectivity index (χ4n) is 3.76. The molecule has 0 spiro atoms. The van der Waals surface area contributed by atoms with Crippen molar-refractivity contribution in [3.05, 3.63) is 29.8 Å². The Morgan fingerprint density at radius 2 is 1.73 bits per heavy atom. The molecule has 1 fully saturated rings. The maximum atomic E-state index is 12.4. The van der Waals surface area contributed by atoms with Crippen molar-refractivity contribution in [3.8, 4) is 5.75 Å². The minimum atomic E-state index is 0.00143. The Morgan fingerprint density at radius 1 is 1.18 bits per heavy atom. The minimum absolute atomic E-state index is 0.00143. The Morgan fingerprint density at radius 3 is 2.23 bits per heavy atom. The maximum absolute atomic E-state index is 12.4. The lowest BCUT2D eigenvalue weighted by Gasteiger charge is -2.43. The molecule has 0 bridgehead atoms. The number of carbonyl (C=O) groups excluding carboxylic acids is 1. The first-order valence-electron chi connectivity index (χ1n) is 8.12. The van der Waals surface area contributed by atoms with E-state index >= 15 is 0 Å². The van der Waals surface area contributed by atoms with Gasteiger partial charge in [0, 0.05) is 24.4 Å². The molecule has 0 saturated carbocycles. The van der Waals surface area contributed by atoms with E-state index in [9.17, 15) is 4.79 Å². The van der Waals surface area contributed by atoms with Crippen LogP contribution in [0.4, 0.5) is 0 Å². The van der Waals surface area contributed by atoms with Gasteiger partial charge in [0.25, 0.3) is 5.91 Å². The highest BCUT2D eigenvalue weighted by Crippen LogP contribution is 2.22. The number of amides is 1. The summed E-state index contributed by atoms with van der Waals surface area (Å²) in [5, 5.41) is 5.61. The Kier molecular flexibility index (Phi) is 4.81. The van der Waals surface area contributed by atoms with Gasteiger partial charge in [-0.3, -0.25) is 4.79 Å². The van der Waals surface area contributed by atoms with Crippen LogP contribution in [0.5, 0.6) is 5.75 Å².